The Morgan fingerprint density at radius 3 is 2.50 bits per heavy atom. The van der Waals surface area contributed by atoms with E-state index in [1.165, 1.54) is 70.6 Å². The molecule has 1 radical (unpaired) electrons. The third-order valence-corrected chi connectivity index (χ3v) is 7.43. The first kappa shape index (κ1) is 18.3. The number of hydrogen-bond acceptors (Lipinski definition) is 0. The molecule has 2 fully saturated rings. The van der Waals surface area contributed by atoms with Crippen LogP contribution in [0.5, 0.6) is 0 Å². The van der Waals surface area contributed by atoms with Crippen molar-refractivity contribution in [1.29, 1.82) is 0 Å². The monoisotopic (exact) mass is 305 g/mol. The van der Waals surface area contributed by atoms with Crippen molar-refractivity contribution in [2.75, 3.05) is 0 Å². The minimum absolute atomic E-state index is 0.557. The maximum atomic E-state index is 2.55. The number of rotatable bonds is 7. The average molecular weight is 306 g/mol. The molecule has 0 nitrogen and oxygen atoms in total. The zero-order valence-electron chi connectivity index (χ0n) is 16.1. The van der Waals surface area contributed by atoms with E-state index in [-0.39, 0.29) is 0 Å². The van der Waals surface area contributed by atoms with E-state index in [0.29, 0.717) is 5.41 Å². The summed E-state index contributed by atoms with van der Waals surface area (Å²) in [6.07, 6.45) is 16.1. The van der Waals surface area contributed by atoms with Gasteiger partial charge in [-0.05, 0) is 60.7 Å². The summed E-state index contributed by atoms with van der Waals surface area (Å²) in [6, 6.07) is 0. The molecule has 2 rings (SSSR count). The molecule has 0 heterocycles. The van der Waals surface area contributed by atoms with Crippen molar-refractivity contribution in [3.8, 4) is 0 Å². The van der Waals surface area contributed by atoms with Crippen LogP contribution in [0, 0.1) is 35.0 Å². The molecule has 0 N–H and O–H groups in total. The molecule has 2 aliphatic carbocycles. The van der Waals surface area contributed by atoms with Crippen LogP contribution in [0.15, 0.2) is 0 Å². The quantitative estimate of drug-likeness (QED) is 0.429. The molecular formula is C22H41. The third-order valence-electron chi connectivity index (χ3n) is 7.43. The largest absolute Gasteiger partial charge is 0.0654 e. The molecule has 4 atom stereocenters. The molecule has 0 aromatic carbocycles. The molecule has 0 saturated heterocycles. The van der Waals surface area contributed by atoms with Crippen molar-refractivity contribution >= 4 is 0 Å². The zero-order chi connectivity index (χ0) is 16.2. The van der Waals surface area contributed by atoms with Crippen LogP contribution in [0.1, 0.15) is 105 Å². The normalized spacial score (nSPS) is 37.1. The van der Waals surface area contributed by atoms with Gasteiger partial charge in [-0.2, -0.15) is 0 Å². The summed E-state index contributed by atoms with van der Waals surface area (Å²) < 4.78 is 0. The van der Waals surface area contributed by atoms with Crippen molar-refractivity contribution in [2.45, 2.75) is 105 Å². The van der Waals surface area contributed by atoms with Gasteiger partial charge in [-0.25, -0.2) is 0 Å². The third kappa shape index (κ3) is 3.57. The highest BCUT2D eigenvalue weighted by Gasteiger charge is 2.50. The summed E-state index contributed by atoms with van der Waals surface area (Å²) in [5, 5.41) is 0. The minimum atomic E-state index is 0.557. The second kappa shape index (κ2) is 8.20. The smallest absolute Gasteiger partial charge is 0.0143 e. The molecule has 2 saturated carbocycles. The van der Waals surface area contributed by atoms with Gasteiger partial charge in [-0.15, -0.1) is 0 Å². The van der Waals surface area contributed by atoms with E-state index in [2.05, 4.69) is 34.6 Å². The van der Waals surface area contributed by atoms with Gasteiger partial charge in [0.25, 0.3) is 0 Å². The lowest BCUT2D eigenvalue weighted by atomic mass is 9.51. The van der Waals surface area contributed by atoms with Gasteiger partial charge in [0.05, 0.1) is 0 Å². The van der Waals surface area contributed by atoms with Crippen LogP contribution in [0.2, 0.25) is 0 Å². The predicted molar refractivity (Wildman–Crippen MR) is 98.8 cm³/mol. The maximum Gasteiger partial charge on any atom is -0.0143 e. The molecule has 0 heteroatoms. The van der Waals surface area contributed by atoms with Gasteiger partial charge in [0.2, 0.25) is 0 Å². The van der Waals surface area contributed by atoms with Gasteiger partial charge in [0.15, 0.2) is 0 Å². The van der Waals surface area contributed by atoms with Crippen LogP contribution in [-0.2, 0) is 0 Å². The molecule has 0 spiro atoms. The first-order valence-electron chi connectivity index (χ1n) is 10.4. The lowest BCUT2D eigenvalue weighted by molar-refractivity contribution is 0.0508. The highest BCUT2D eigenvalue weighted by Crippen LogP contribution is 2.59. The van der Waals surface area contributed by atoms with Crippen LogP contribution in [0.4, 0.5) is 0 Å². The van der Waals surface area contributed by atoms with Gasteiger partial charge >= 0.3 is 0 Å². The molecular weight excluding hydrogens is 264 g/mol. The van der Waals surface area contributed by atoms with Gasteiger partial charge in [-0.3, -0.25) is 0 Å². The average Bonchev–Trinajstić information content (AvgIpc) is 2.95. The van der Waals surface area contributed by atoms with Crippen LogP contribution in [-0.4, -0.2) is 0 Å². The zero-order valence-corrected chi connectivity index (χ0v) is 16.1. The van der Waals surface area contributed by atoms with Crippen molar-refractivity contribution in [2.24, 2.45) is 29.1 Å². The molecule has 0 amide bonds. The van der Waals surface area contributed by atoms with Crippen molar-refractivity contribution < 1.29 is 0 Å². The minimum Gasteiger partial charge on any atom is -0.0654 e. The van der Waals surface area contributed by atoms with E-state index in [9.17, 15) is 0 Å². The molecule has 0 bridgehead atoms. The molecule has 0 aliphatic heterocycles. The summed E-state index contributed by atoms with van der Waals surface area (Å²) in [7, 11) is 0. The molecule has 4 unspecified atom stereocenters. The number of hydrogen-bond donors (Lipinski definition) is 0. The Morgan fingerprint density at radius 1 is 1.09 bits per heavy atom. The summed E-state index contributed by atoms with van der Waals surface area (Å²) in [5.74, 6) is 5.75. The maximum absolute atomic E-state index is 2.55. The molecule has 0 aromatic heterocycles. The Kier molecular flexibility index (Phi) is 6.84. The van der Waals surface area contributed by atoms with Gasteiger partial charge in [0, 0.05) is 0 Å². The molecule has 22 heavy (non-hydrogen) atoms. The first-order chi connectivity index (χ1) is 10.6. The van der Waals surface area contributed by atoms with Crippen LogP contribution in [0.3, 0.4) is 0 Å². The Hall–Kier alpha value is 0. The van der Waals surface area contributed by atoms with Gasteiger partial charge in [-0.1, -0.05) is 79.6 Å². The number of unbranched alkanes of at least 4 members (excludes halogenated alkanes) is 2. The summed E-state index contributed by atoms with van der Waals surface area (Å²) in [5.41, 5.74) is 0.557. The van der Waals surface area contributed by atoms with E-state index >= 15 is 0 Å². The first-order valence-corrected chi connectivity index (χ1v) is 10.4. The second-order valence-electron chi connectivity index (χ2n) is 8.74. The Morgan fingerprint density at radius 2 is 1.86 bits per heavy atom. The van der Waals surface area contributed by atoms with E-state index in [4.69, 9.17) is 0 Å². The SMILES string of the molecule is CCCCCC1CCC([C]2CCCC(C)C2(CC)C(C)C)C1. The molecule has 0 aromatic rings. The van der Waals surface area contributed by atoms with Crippen LogP contribution in [0.25, 0.3) is 0 Å². The van der Waals surface area contributed by atoms with Crippen molar-refractivity contribution in [1.82, 2.24) is 0 Å². The van der Waals surface area contributed by atoms with E-state index in [1.54, 1.807) is 0 Å². The summed E-state index contributed by atoms with van der Waals surface area (Å²) in [6.45, 7) is 12.3. The summed E-state index contributed by atoms with van der Waals surface area (Å²) in [4.78, 5) is 0. The van der Waals surface area contributed by atoms with Gasteiger partial charge in [0.1, 0.15) is 0 Å². The summed E-state index contributed by atoms with van der Waals surface area (Å²) >= 11 is 0. The highest BCUT2D eigenvalue weighted by atomic mass is 14.5. The fourth-order valence-corrected chi connectivity index (χ4v) is 6.25. The van der Waals surface area contributed by atoms with Crippen molar-refractivity contribution in [3.05, 3.63) is 5.92 Å². The Bertz CT molecular complexity index is 318. The Balaban J connectivity index is 2.03. The second-order valence-corrected chi connectivity index (χ2v) is 8.74. The van der Waals surface area contributed by atoms with E-state index in [1.807, 2.05) is 5.92 Å². The standard InChI is InChI=1S/C22H41/c1-6-8-9-12-19-14-15-20(16-19)21-13-10-11-18(5)22(21,7-2)17(3)4/h17-20H,6-16H2,1-5H3. The fourth-order valence-electron chi connectivity index (χ4n) is 6.25. The van der Waals surface area contributed by atoms with Gasteiger partial charge < -0.3 is 0 Å². The van der Waals surface area contributed by atoms with E-state index in [0.717, 1.165) is 23.7 Å². The lowest BCUT2D eigenvalue weighted by Crippen LogP contribution is -2.45. The van der Waals surface area contributed by atoms with Crippen LogP contribution < -0.4 is 0 Å². The topological polar surface area (TPSA) is 0 Å². The van der Waals surface area contributed by atoms with Crippen LogP contribution >= 0.6 is 0 Å². The Labute approximate surface area is 140 Å². The fraction of sp³-hybridized carbons (Fsp3) is 0.955. The predicted octanol–water partition coefficient (Wildman–Crippen LogP) is 7.43. The van der Waals surface area contributed by atoms with E-state index < -0.39 is 0 Å². The lowest BCUT2D eigenvalue weighted by Gasteiger charge is -2.53. The van der Waals surface area contributed by atoms with Crippen molar-refractivity contribution in [3.63, 3.8) is 0 Å². The highest BCUT2D eigenvalue weighted by molar-refractivity contribution is 5.16. The molecule has 2 aliphatic rings. The molecule has 129 valence electrons.